The molecule has 0 aliphatic heterocycles. The highest BCUT2D eigenvalue weighted by atomic mass is 16.5. The van der Waals surface area contributed by atoms with Gasteiger partial charge in [0.05, 0.1) is 12.2 Å². The quantitative estimate of drug-likeness (QED) is 0.602. The molecule has 2 aromatic carbocycles. The van der Waals surface area contributed by atoms with E-state index < -0.39 is 0 Å². The van der Waals surface area contributed by atoms with Gasteiger partial charge in [-0.05, 0) is 37.1 Å². The second kappa shape index (κ2) is 10.1. The van der Waals surface area contributed by atoms with E-state index in [9.17, 15) is 14.7 Å². The Labute approximate surface area is 153 Å². The molecule has 138 valence electrons. The number of carbonyl (C=O) groups is 2. The summed E-state index contributed by atoms with van der Waals surface area (Å²) in [5, 5.41) is 15.0. The maximum absolute atomic E-state index is 11.9. The molecule has 0 aliphatic carbocycles. The number of aryl methyl sites for hydroxylation is 1. The fourth-order valence-corrected chi connectivity index (χ4v) is 2.36. The summed E-state index contributed by atoms with van der Waals surface area (Å²) >= 11 is 0. The SMILES string of the molecule is Cc1ccccc1OCCCC(=O)NCCNC(=O)c1ccccc1O. The first-order valence-electron chi connectivity index (χ1n) is 8.59. The molecule has 0 bridgehead atoms. The first kappa shape index (κ1) is 19.3. The maximum Gasteiger partial charge on any atom is 0.255 e. The lowest BCUT2D eigenvalue weighted by Crippen LogP contribution is -2.34. The van der Waals surface area contributed by atoms with Gasteiger partial charge < -0.3 is 20.5 Å². The highest BCUT2D eigenvalue weighted by Gasteiger charge is 2.09. The summed E-state index contributed by atoms with van der Waals surface area (Å²) < 4.78 is 5.64. The second-order valence-corrected chi connectivity index (χ2v) is 5.84. The standard InChI is InChI=1S/C20H24N2O4/c1-15-7-2-5-10-18(15)26-14-6-11-19(24)21-12-13-22-20(25)16-8-3-4-9-17(16)23/h2-5,7-10,23H,6,11-14H2,1H3,(H,21,24)(H,22,25). The summed E-state index contributed by atoms with van der Waals surface area (Å²) in [6, 6.07) is 14.1. The van der Waals surface area contributed by atoms with E-state index in [1.165, 1.54) is 12.1 Å². The molecule has 0 aromatic heterocycles. The molecule has 6 heteroatoms. The van der Waals surface area contributed by atoms with Gasteiger partial charge in [-0.1, -0.05) is 30.3 Å². The molecule has 2 aromatic rings. The summed E-state index contributed by atoms with van der Waals surface area (Å²) in [4.78, 5) is 23.7. The predicted molar refractivity (Wildman–Crippen MR) is 99.4 cm³/mol. The first-order valence-corrected chi connectivity index (χ1v) is 8.59. The van der Waals surface area contributed by atoms with Crippen LogP contribution in [0.5, 0.6) is 11.5 Å². The lowest BCUT2D eigenvalue weighted by atomic mass is 10.2. The van der Waals surface area contributed by atoms with Crippen molar-refractivity contribution in [3.63, 3.8) is 0 Å². The molecule has 0 saturated carbocycles. The molecular weight excluding hydrogens is 332 g/mol. The number of phenols is 1. The number of amides is 2. The normalized spacial score (nSPS) is 10.2. The van der Waals surface area contributed by atoms with Crippen molar-refractivity contribution in [2.24, 2.45) is 0 Å². The van der Waals surface area contributed by atoms with Crippen molar-refractivity contribution in [2.75, 3.05) is 19.7 Å². The van der Waals surface area contributed by atoms with Crippen LogP contribution in [0.1, 0.15) is 28.8 Å². The summed E-state index contributed by atoms with van der Waals surface area (Å²) in [7, 11) is 0. The molecule has 2 amide bonds. The Morgan fingerprint density at radius 1 is 1.00 bits per heavy atom. The van der Waals surface area contributed by atoms with Crippen LogP contribution in [-0.2, 0) is 4.79 Å². The fraction of sp³-hybridized carbons (Fsp3) is 0.300. The third-order valence-corrected chi connectivity index (χ3v) is 3.78. The largest absolute Gasteiger partial charge is 0.507 e. The molecule has 0 unspecified atom stereocenters. The van der Waals surface area contributed by atoms with Gasteiger partial charge in [0.2, 0.25) is 5.91 Å². The number of ether oxygens (including phenoxy) is 1. The summed E-state index contributed by atoms with van der Waals surface area (Å²) in [6.45, 7) is 3.07. The number of phenolic OH excluding ortho intramolecular Hbond substituents is 1. The summed E-state index contributed by atoms with van der Waals surface area (Å²) in [5.74, 6) is 0.307. The smallest absolute Gasteiger partial charge is 0.255 e. The summed E-state index contributed by atoms with van der Waals surface area (Å²) in [6.07, 6.45) is 0.976. The minimum absolute atomic E-state index is 0.0670. The summed E-state index contributed by atoms with van der Waals surface area (Å²) in [5.41, 5.74) is 1.28. The number of benzene rings is 2. The van der Waals surface area contributed by atoms with E-state index >= 15 is 0 Å². The van der Waals surface area contributed by atoms with Crippen LogP contribution in [0, 0.1) is 6.92 Å². The lowest BCUT2D eigenvalue weighted by molar-refractivity contribution is -0.121. The number of nitrogens with one attached hydrogen (secondary N) is 2. The van der Waals surface area contributed by atoms with E-state index in [2.05, 4.69) is 10.6 Å². The molecule has 6 nitrogen and oxygen atoms in total. The molecule has 0 atom stereocenters. The Morgan fingerprint density at radius 3 is 2.46 bits per heavy atom. The highest BCUT2D eigenvalue weighted by Crippen LogP contribution is 2.16. The van der Waals surface area contributed by atoms with E-state index in [-0.39, 0.29) is 23.1 Å². The Bertz CT molecular complexity index is 746. The number of hydrogen-bond donors (Lipinski definition) is 3. The van der Waals surface area contributed by atoms with E-state index in [0.29, 0.717) is 32.5 Å². The Morgan fingerprint density at radius 2 is 1.69 bits per heavy atom. The van der Waals surface area contributed by atoms with E-state index in [0.717, 1.165) is 11.3 Å². The van der Waals surface area contributed by atoms with Crippen molar-refractivity contribution in [2.45, 2.75) is 19.8 Å². The first-order chi connectivity index (χ1) is 12.6. The minimum atomic E-state index is -0.371. The zero-order chi connectivity index (χ0) is 18.8. The lowest BCUT2D eigenvalue weighted by Gasteiger charge is -2.09. The van der Waals surface area contributed by atoms with Gasteiger partial charge in [-0.25, -0.2) is 0 Å². The van der Waals surface area contributed by atoms with Crippen LogP contribution in [0.15, 0.2) is 48.5 Å². The zero-order valence-corrected chi connectivity index (χ0v) is 14.8. The van der Waals surface area contributed by atoms with Crippen LogP contribution in [0.3, 0.4) is 0 Å². The number of rotatable bonds is 9. The topological polar surface area (TPSA) is 87.7 Å². The van der Waals surface area contributed by atoms with E-state index in [1.807, 2.05) is 31.2 Å². The molecule has 0 heterocycles. The van der Waals surface area contributed by atoms with Crippen LogP contribution in [0.25, 0.3) is 0 Å². The molecule has 0 spiro atoms. The van der Waals surface area contributed by atoms with Gasteiger partial charge in [-0.2, -0.15) is 0 Å². The number of para-hydroxylation sites is 2. The van der Waals surface area contributed by atoms with Crippen molar-refractivity contribution in [3.05, 3.63) is 59.7 Å². The van der Waals surface area contributed by atoms with Crippen LogP contribution >= 0.6 is 0 Å². The Kier molecular flexibility index (Phi) is 7.49. The van der Waals surface area contributed by atoms with Crippen LogP contribution in [-0.4, -0.2) is 36.6 Å². The second-order valence-electron chi connectivity index (χ2n) is 5.84. The molecule has 3 N–H and O–H groups in total. The van der Waals surface area contributed by atoms with Crippen molar-refractivity contribution in [1.82, 2.24) is 10.6 Å². The zero-order valence-electron chi connectivity index (χ0n) is 14.8. The maximum atomic E-state index is 11.9. The molecule has 0 fully saturated rings. The molecule has 0 aliphatic rings. The van der Waals surface area contributed by atoms with Crippen LogP contribution in [0.2, 0.25) is 0 Å². The Hall–Kier alpha value is -3.02. The number of hydrogen-bond acceptors (Lipinski definition) is 4. The molecule has 2 rings (SSSR count). The molecular formula is C20H24N2O4. The van der Waals surface area contributed by atoms with E-state index in [1.54, 1.807) is 12.1 Å². The monoisotopic (exact) mass is 356 g/mol. The van der Waals surface area contributed by atoms with Crippen molar-refractivity contribution >= 4 is 11.8 Å². The molecule has 0 saturated heterocycles. The van der Waals surface area contributed by atoms with Gasteiger partial charge in [-0.15, -0.1) is 0 Å². The van der Waals surface area contributed by atoms with Gasteiger partial charge in [0.15, 0.2) is 0 Å². The van der Waals surface area contributed by atoms with Gasteiger partial charge in [0.25, 0.3) is 5.91 Å². The third kappa shape index (κ3) is 6.12. The molecule has 0 radical (unpaired) electrons. The fourth-order valence-electron chi connectivity index (χ4n) is 2.36. The Balaban J connectivity index is 1.57. The third-order valence-electron chi connectivity index (χ3n) is 3.78. The van der Waals surface area contributed by atoms with Gasteiger partial charge >= 0.3 is 0 Å². The molecule has 26 heavy (non-hydrogen) atoms. The minimum Gasteiger partial charge on any atom is -0.507 e. The average Bonchev–Trinajstić information content (AvgIpc) is 2.64. The van der Waals surface area contributed by atoms with Crippen molar-refractivity contribution in [1.29, 1.82) is 0 Å². The van der Waals surface area contributed by atoms with Gasteiger partial charge in [0.1, 0.15) is 11.5 Å². The average molecular weight is 356 g/mol. The number of carbonyl (C=O) groups excluding carboxylic acids is 2. The van der Waals surface area contributed by atoms with Gasteiger partial charge in [-0.3, -0.25) is 9.59 Å². The van der Waals surface area contributed by atoms with Crippen molar-refractivity contribution in [3.8, 4) is 11.5 Å². The van der Waals surface area contributed by atoms with Crippen LogP contribution < -0.4 is 15.4 Å². The van der Waals surface area contributed by atoms with Gasteiger partial charge in [0, 0.05) is 19.5 Å². The van der Waals surface area contributed by atoms with Crippen molar-refractivity contribution < 1.29 is 19.4 Å². The predicted octanol–water partition coefficient (Wildman–Crippen LogP) is 2.41. The van der Waals surface area contributed by atoms with Crippen LogP contribution in [0.4, 0.5) is 0 Å². The highest BCUT2D eigenvalue weighted by molar-refractivity contribution is 5.96. The number of aromatic hydroxyl groups is 1. The van der Waals surface area contributed by atoms with E-state index in [4.69, 9.17) is 4.74 Å².